The van der Waals surface area contributed by atoms with Crippen LogP contribution in [0, 0.1) is 0 Å². The van der Waals surface area contributed by atoms with Gasteiger partial charge < -0.3 is 14.6 Å². The average molecular weight is 462 g/mol. The van der Waals surface area contributed by atoms with Crippen LogP contribution < -0.4 is 9.55 Å². The van der Waals surface area contributed by atoms with E-state index in [4.69, 9.17) is 34.8 Å². The number of benzene rings is 5. The highest BCUT2D eigenvalue weighted by Crippen LogP contribution is 2.37. The van der Waals surface area contributed by atoms with Crippen molar-refractivity contribution in [2.75, 3.05) is 4.90 Å². The lowest BCUT2D eigenvalue weighted by Gasteiger charge is -2.26. The standard InChI is InChI=1S/C30H23BNO2/c33-31-34-30-21-19-29(20-22-30)32(27-15-11-25(12-16-27)23-7-3-1-4-8-23)28-17-13-26(14-18-28)24-9-5-2-6-10-24/h1-22,33H/i1D,2D,3D,4D,5D,6D,7D,8D,9D,10D,11D,12D,13D,14D,15D,16D,17D,18D,19D,20D,21D,22D. The highest BCUT2D eigenvalue weighted by molar-refractivity contribution is 6.17. The van der Waals surface area contributed by atoms with Crippen LogP contribution >= 0.6 is 0 Å². The minimum Gasteiger partial charge on any atom is -0.537 e. The van der Waals surface area contributed by atoms with E-state index in [2.05, 4.69) is 0 Å². The van der Waals surface area contributed by atoms with Gasteiger partial charge in [-0.1, -0.05) is 84.6 Å². The zero-order chi connectivity index (χ0) is 42.3. The number of rotatable bonds is 7. The molecule has 0 fully saturated rings. The molecule has 0 aliphatic rings. The van der Waals surface area contributed by atoms with Crippen LogP contribution in [0.25, 0.3) is 22.3 Å². The number of anilines is 3. The summed E-state index contributed by atoms with van der Waals surface area (Å²) in [6, 6.07) is -21.9. The summed E-state index contributed by atoms with van der Waals surface area (Å²) in [5, 5.41) is 9.22. The Labute approximate surface area is 231 Å². The Bertz CT molecular complexity index is 2260. The zero-order valence-electron chi connectivity index (χ0n) is 38.9. The molecule has 5 aromatic carbocycles. The molecule has 0 amide bonds. The largest absolute Gasteiger partial charge is 0.569 e. The summed E-state index contributed by atoms with van der Waals surface area (Å²) in [5.74, 6) is -0.849. The van der Waals surface area contributed by atoms with E-state index >= 15 is 0 Å². The van der Waals surface area contributed by atoms with E-state index in [-0.39, 0.29) is 7.69 Å². The third-order valence-electron chi connectivity index (χ3n) is 4.15. The maximum atomic E-state index is 9.22. The van der Waals surface area contributed by atoms with E-state index < -0.39 is 178 Å². The molecule has 0 saturated heterocycles. The van der Waals surface area contributed by atoms with Crippen molar-refractivity contribution in [2.45, 2.75) is 0 Å². The van der Waals surface area contributed by atoms with Gasteiger partial charge in [-0.2, -0.15) is 0 Å². The van der Waals surface area contributed by atoms with Crippen LogP contribution in [-0.4, -0.2) is 12.7 Å². The Morgan fingerprint density at radius 3 is 1.24 bits per heavy atom. The second-order valence-corrected chi connectivity index (χ2v) is 6.18. The predicted octanol–water partition coefficient (Wildman–Crippen LogP) is 7.40. The molecule has 0 unspecified atom stereocenters. The Kier molecular flexibility index (Phi) is 2.35. The Balaban J connectivity index is 2.02. The second-order valence-electron chi connectivity index (χ2n) is 6.18. The predicted molar refractivity (Wildman–Crippen MR) is 141 cm³/mol. The zero-order valence-corrected chi connectivity index (χ0v) is 16.9. The molecule has 5 rings (SSSR count). The molecule has 3 nitrogen and oxygen atoms in total. The lowest BCUT2D eigenvalue weighted by atomic mass is 10.0. The van der Waals surface area contributed by atoms with Crippen molar-refractivity contribution in [3.05, 3.63) is 133 Å². The molecule has 5 aromatic rings. The molecular formula is C30H23BNO2. The summed E-state index contributed by atoms with van der Waals surface area (Å²) in [7, 11) is 0.0438. The molecule has 1 N–H and O–H groups in total. The van der Waals surface area contributed by atoms with Gasteiger partial charge in [-0.15, -0.1) is 0 Å². The van der Waals surface area contributed by atoms with E-state index in [1.54, 1.807) is 0 Å². The fraction of sp³-hybridized carbons (Fsp3) is 0. The van der Waals surface area contributed by atoms with Gasteiger partial charge in [0.15, 0.2) is 0 Å². The van der Waals surface area contributed by atoms with Crippen LogP contribution in [0.4, 0.5) is 17.1 Å². The van der Waals surface area contributed by atoms with Gasteiger partial charge in [0, 0.05) is 17.1 Å². The molecule has 0 atom stereocenters. The van der Waals surface area contributed by atoms with Gasteiger partial charge >= 0.3 is 7.69 Å². The molecule has 0 aliphatic heterocycles. The first kappa shape index (κ1) is 7.90. The van der Waals surface area contributed by atoms with Gasteiger partial charge in [-0.3, -0.25) is 0 Å². The highest BCUT2D eigenvalue weighted by Gasteiger charge is 2.13. The normalized spacial score (nSPS) is 19.6. The van der Waals surface area contributed by atoms with Gasteiger partial charge in [0.2, 0.25) is 0 Å². The topological polar surface area (TPSA) is 32.7 Å². The van der Waals surface area contributed by atoms with Crippen LogP contribution in [0.1, 0.15) is 30.2 Å². The highest BCUT2D eigenvalue weighted by atomic mass is 16.5. The fourth-order valence-electron chi connectivity index (χ4n) is 2.69. The summed E-state index contributed by atoms with van der Waals surface area (Å²) in [4.78, 5) is 0.367. The molecule has 34 heavy (non-hydrogen) atoms. The monoisotopic (exact) mass is 462 g/mol. The third kappa shape index (κ3) is 4.73. The van der Waals surface area contributed by atoms with Crippen LogP contribution in [0.5, 0.6) is 5.75 Å². The van der Waals surface area contributed by atoms with E-state index in [0.717, 1.165) is 0 Å². The van der Waals surface area contributed by atoms with E-state index in [0.29, 0.717) is 4.90 Å². The summed E-state index contributed by atoms with van der Waals surface area (Å²) in [6.07, 6.45) is 0. The summed E-state index contributed by atoms with van der Waals surface area (Å²) < 4.78 is 193. The lowest BCUT2D eigenvalue weighted by Crippen LogP contribution is -2.10. The minimum atomic E-state index is -1.15. The second kappa shape index (κ2) is 10.1. The summed E-state index contributed by atoms with van der Waals surface area (Å²) >= 11 is 0. The van der Waals surface area contributed by atoms with Crippen LogP contribution in [0.15, 0.2) is 133 Å². The fourth-order valence-corrected chi connectivity index (χ4v) is 2.69. The van der Waals surface area contributed by atoms with Crippen molar-refractivity contribution in [3.8, 4) is 28.0 Å². The first-order valence-electron chi connectivity index (χ1n) is 20.4. The molecule has 4 heteroatoms. The van der Waals surface area contributed by atoms with Crippen molar-refractivity contribution in [1.82, 2.24) is 0 Å². The smallest absolute Gasteiger partial charge is 0.537 e. The third-order valence-corrected chi connectivity index (χ3v) is 4.15. The summed E-state index contributed by atoms with van der Waals surface area (Å²) in [5.41, 5.74) is -6.17. The van der Waals surface area contributed by atoms with Crippen molar-refractivity contribution in [1.29, 1.82) is 0 Å². The van der Waals surface area contributed by atoms with Gasteiger partial charge in [-0.25, -0.2) is 0 Å². The van der Waals surface area contributed by atoms with Gasteiger partial charge in [0.05, 0.1) is 30.2 Å². The molecule has 0 aliphatic carbocycles. The molecule has 0 spiro atoms. The Morgan fingerprint density at radius 2 is 0.853 bits per heavy atom. The van der Waals surface area contributed by atoms with Gasteiger partial charge in [0.25, 0.3) is 0 Å². The molecule has 163 valence electrons. The first-order valence-corrected chi connectivity index (χ1v) is 9.37. The van der Waals surface area contributed by atoms with Gasteiger partial charge in [0.1, 0.15) is 5.75 Å². The minimum absolute atomic E-state index is 0.0438. The molecule has 1 radical (unpaired) electrons. The van der Waals surface area contributed by atoms with Crippen molar-refractivity contribution < 1.29 is 39.8 Å². The van der Waals surface area contributed by atoms with Crippen molar-refractivity contribution in [2.24, 2.45) is 0 Å². The van der Waals surface area contributed by atoms with Crippen molar-refractivity contribution >= 4 is 24.7 Å². The maximum absolute atomic E-state index is 9.22. The maximum Gasteiger partial charge on any atom is 0.569 e. The average Bonchev–Trinajstić information content (AvgIpc) is 3.16. The van der Waals surface area contributed by atoms with Gasteiger partial charge in [-0.05, 0) is 70.6 Å². The summed E-state index contributed by atoms with van der Waals surface area (Å²) in [6.45, 7) is 0. The molecule has 0 aromatic heterocycles. The van der Waals surface area contributed by atoms with Crippen LogP contribution in [0.3, 0.4) is 0 Å². The van der Waals surface area contributed by atoms with E-state index in [9.17, 15) is 5.02 Å². The van der Waals surface area contributed by atoms with E-state index in [1.165, 1.54) is 0 Å². The van der Waals surface area contributed by atoms with Crippen LogP contribution in [0.2, 0.25) is 0 Å². The van der Waals surface area contributed by atoms with Crippen molar-refractivity contribution in [3.63, 3.8) is 0 Å². The number of hydrogen-bond acceptors (Lipinski definition) is 3. The van der Waals surface area contributed by atoms with Crippen LogP contribution in [-0.2, 0) is 0 Å². The molecule has 0 bridgehead atoms. The quantitative estimate of drug-likeness (QED) is 0.256. The first-order chi connectivity index (χ1) is 26.0. The SMILES string of the molecule is [2H]c1c([2H])c([2H])c(-c2c([2H])c([2H])c(N(c3c([2H])c([2H])c(O[B]O)c([2H])c3[2H])c3c([2H])c([2H])c(-c4c([2H])c([2H])c([2H])c([2H])c4[2H])c([2H])c3[2H])c([2H])c2[2H])c([2H])c1[2H]. The molecule has 0 heterocycles. The number of nitrogens with zero attached hydrogens (tertiary/aromatic N) is 1. The van der Waals surface area contributed by atoms with E-state index in [1.807, 2.05) is 0 Å². The molecular weight excluding hydrogens is 417 g/mol. The molecule has 0 saturated carbocycles. The Morgan fingerprint density at radius 1 is 0.500 bits per heavy atom. The lowest BCUT2D eigenvalue weighted by molar-refractivity contribution is 0.454. The number of hydrogen-bond donors (Lipinski definition) is 1. The Hall–Kier alpha value is -4.28.